The largest absolute Gasteiger partial charge is 1.00 e. The van der Waals surface area contributed by atoms with Crippen LogP contribution in [0.2, 0.25) is 0 Å². The summed E-state index contributed by atoms with van der Waals surface area (Å²) in [6, 6.07) is 0. The van der Waals surface area contributed by atoms with Gasteiger partial charge in [-0.25, -0.2) is 18.3 Å². The van der Waals surface area contributed by atoms with Gasteiger partial charge in [0.1, 0.15) is 35.9 Å². The third kappa shape index (κ3) is 6.72. The fraction of sp³-hybridized carbons (Fsp3) is 0.647. The third-order valence-corrected chi connectivity index (χ3v) is 3.76. The minimum Gasteiger partial charge on any atom is -1.00 e. The zero-order chi connectivity index (χ0) is 15.7. The Morgan fingerprint density at radius 1 is 0.696 bits per heavy atom. The van der Waals surface area contributed by atoms with Gasteiger partial charge in [-0.1, -0.05) is 0 Å². The maximum atomic E-state index is 2.27. The van der Waals surface area contributed by atoms with Crippen molar-refractivity contribution in [2.24, 2.45) is 0 Å². The Labute approximate surface area is 174 Å². The summed E-state index contributed by atoms with van der Waals surface area (Å²) in [6.45, 7) is 15.5. The van der Waals surface area contributed by atoms with Crippen LogP contribution in [0.4, 0.5) is 0 Å². The van der Waals surface area contributed by atoms with Crippen molar-refractivity contribution in [3.8, 4) is 0 Å². The summed E-state index contributed by atoms with van der Waals surface area (Å²) in [5.41, 5.74) is 0.313. The van der Waals surface area contributed by atoms with Gasteiger partial charge in [0.25, 0.3) is 0 Å². The minimum atomic E-state index is 0. The number of hydrogen-bond acceptors (Lipinski definition) is 0. The fourth-order valence-corrected chi connectivity index (χ4v) is 2.28. The first-order chi connectivity index (χ1) is 9.66. The average Bonchev–Trinajstić information content (AvgIpc) is 2.95. The molecule has 0 aliphatic carbocycles. The molecule has 0 aromatic carbocycles. The molecule has 0 saturated heterocycles. The molecule has 2 aromatic rings. The molecule has 0 bridgehead atoms. The first kappa shape index (κ1) is 22.9. The highest BCUT2D eigenvalue weighted by molar-refractivity contribution is 4.79. The van der Waals surface area contributed by atoms with Crippen LogP contribution < -0.4 is 57.1 Å². The Balaban J connectivity index is 0.00000242. The predicted molar refractivity (Wildman–Crippen MR) is 83.9 cm³/mol. The third-order valence-electron chi connectivity index (χ3n) is 3.76. The Morgan fingerprint density at radius 2 is 1.04 bits per heavy atom. The highest BCUT2D eigenvalue weighted by Gasteiger charge is 2.20. The van der Waals surface area contributed by atoms with Crippen LogP contribution in [0.3, 0.4) is 0 Å². The number of nitrogens with zero attached hydrogens (tertiary/aromatic N) is 4. The Kier molecular flexibility index (Phi) is 8.78. The lowest BCUT2D eigenvalue weighted by atomic mass is 10.1. The van der Waals surface area contributed by atoms with Gasteiger partial charge in [-0.15, -0.1) is 0 Å². The zero-order valence-corrected chi connectivity index (χ0v) is 19.4. The van der Waals surface area contributed by atoms with Gasteiger partial charge in [0.05, 0.1) is 13.1 Å². The summed E-state index contributed by atoms with van der Waals surface area (Å²) in [4.78, 5) is 0. The smallest absolute Gasteiger partial charge is 0.244 e. The van der Waals surface area contributed by atoms with E-state index in [1.54, 1.807) is 0 Å². The number of aryl methyl sites for hydroxylation is 2. The Bertz CT molecular complexity index is 536. The molecule has 2 rings (SSSR count). The summed E-state index contributed by atoms with van der Waals surface area (Å²) in [5.74, 6) is 0. The van der Waals surface area contributed by atoms with Crippen LogP contribution >= 0.6 is 0 Å². The molecule has 0 fully saturated rings. The van der Waals surface area contributed by atoms with E-state index in [1.165, 1.54) is 0 Å². The van der Waals surface area contributed by atoms with Crippen molar-refractivity contribution in [1.82, 2.24) is 9.13 Å². The quantitative estimate of drug-likeness (QED) is 0.281. The van der Waals surface area contributed by atoms with Crippen molar-refractivity contribution < 1.29 is 57.1 Å². The maximum absolute atomic E-state index is 2.27. The molecule has 4 nitrogen and oxygen atoms in total. The van der Waals surface area contributed by atoms with Crippen LogP contribution in [0.15, 0.2) is 37.4 Å². The number of rotatable bonds is 4. The van der Waals surface area contributed by atoms with Crippen LogP contribution in [0, 0.1) is 0 Å². The second kappa shape index (κ2) is 8.82. The van der Waals surface area contributed by atoms with Gasteiger partial charge in [-0.2, -0.15) is 0 Å². The van der Waals surface area contributed by atoms with E-state index in [9.17, 15) is 0 Å². The molecule has 0 unspecified atom stereocenters. The van der Waals surface area contributed by atoms with Gasteiger partial charge in [-0.05, 0) is 41.5 Å². The predicted octanol–water partition coefficient (Wildman–Crippen LogP) is -3.53. The Morgan fingerprint density at radius 3 is 1.30 bits per heavy atom. The molecular weight excluding hydrogens is 514 g/mol. The van der Waals surface area contributed by atoms with E-state index in [1.807, 2.05) is 0 Å². The molecule has 23 heavy (non-hydrogen) atoms. The average molecular weight is 544 g/mol. The SMILES string of the molecule is CC(C)(C)n1cc[n+](CCC[n+]2ccn(C(C)(C)C)c2)c1.[I-].[I-]. The van der Waals surface area contributed by atoms with E-state index in [0.717, 1.165) is 19.5 Å². The van der Waals surface area contributed by atoms with Crippen LogP contribution in [-0.4, -0.2) is 9.13 Å². The van der Waals surface area contributed by atoms with Crippen LogP contribution in [0.5, 0.6) is 0 Å². The molecule has 0 spiro atoms. The van der Waals surface area contributed by atoms with Gasteiger partial charge < -0.3 is 48.0 Å². The van der Waals surface area contributed by atoms with Crippen molar-refractivity contribution >= 4 is 0 Å². The van der Waals surface area contributed by atoms with Gasteiger partial charge in [-0.3, -0.25) is 0 Å². The molecule has 2 heterocycles. The maximum Gasteiger partial charge on any atom is 0.244 e. The first-order valence-electron chi connectivity index (χ1n) is 7.81. The lowest BCUT2D eigenvalue weighted by Crippen LogP contribution is -3.00. The number of halogens is 2. The molecule has 0 aliphatic rings. The summed E-state index contributed by atoms with van der Waals surface area (Å²) in [5, 5.41) is 0. The fourth-order valence-electron chi connectivity index (χ4n) is 2.28. The van der Waals surface area contributed by atoms with E-state index < -0.39 is 0 Å². The number of imidazole rings is 2. The second-order valence-electron chi connectivity index (χ2n) is 7.81. The number of hydrogen-bond donors (Lipinski definition) is 0. The van der Waals surface area contributed by atoms with E-state index in [4.69, 9.17) is 0 Å². The Hall–Kier alpha value is -0.120. The van der Waals surface area contributed by atoms with Crippen molar-refractivity contribution in [3.05, 3.63) is 37.4 Å². The van der Waals surface area contributed by atoms with E-state index in [2.05, 4.69) is 97.3 Å². The van der Waals surface area contributed by atoms with E-state index in [-0.39, 0.29) is 59.0 Å². The van der Waals surface area contributed by atoms with Gasteiger partial charge >= 0.3 is 0 Å². The van der Waals surface area contributed by atoms with E-state index >= 15 is 0 Å². The molecule has 0 N–H and O–H groups in total. The molecule has 132 valence electrons. The lowest BCUT2D eigenvalue weighted by molar-refractivity contribution is -0.726. The monoisotopic (exact) mass is 544 g/mol. The minimum absolute atomic E-state index is 0. The normalized spacial score (nSPS) is 11.7. The van der Waals surface area contributed by atoms with Crippen molar-refractivity contribution in [2.75, 3.05) is 0 Å². The van der Waals surface area contributed by atoms with Crippen LogP contribution in [0.25, 0.3) is 0 Å². The molecule has 0 atom stereocenters. The highest BCUT2D eigenvalue weighted by Crippen LogP contribution is 2.12. The number of aromatic nitrogens is 4. The summed E-state index contributed by atoms with van der Waals surface area (Å²) in [7, 11) is 0. The molecule has 2 aromatic heterocycles. The topological polar surface area (TPSA) is 17.6 Å². The van der Waals surface area contributed by atoms with Gasteiger partial charge in [0, 0.05) is 6.42 Å². The van der Waals surface area contributed by atoms with Crippen molar-refractivity contribution in [1.29, 1.82) is 0 Å². The first-order valence-corrected chi connectivity index (χ1v) is 7.81. The summed E-state index contributed by atoms with van der Waals surface area (Å²) >= 11 is 0. The van der Waals surface area contributed by atoms with E-state index in [0.29, 0.717) is 0 Å². The lowest BCUT2D eigenvalue weighted by Gasteiger charge is -2.13. The van der Waals surface area contributed by atoms with Crippen LogP contribution in [0.1, 0.15) is 48.0 Å². The van der Waals surface area contributed by atoms with Gasteiger partial charge in [0.15, 0.2) is 0 Å². The summed E-state index contributed by atoms with van der Waals surface area (Å²) < 4.78 is 9.06. The molecule has 0 saturated carbocycles. The molecule has 0 radical (unpaired) electrons. The standard InChI is InChI=1S/C17H30N4.2HI/c1-16(2,3)20-12-10-18(14-20)8-7-9-19-11-13-21(15-19)17(4,5)6;;/h10-15H,7-9H2,1-6H3;2*1H/q+2;;/p-2. The van der Waals surface area contributed by atoms with Gasteiger partial charge in [0.2, 0.25) is 12.7 Å². The van der Waals surface area contributed by atoms with Crippen LogP contribution in [-0.2, 0) is 24.2 Å². The second-order valence-corrected chi connectivity index (χ2v) is 7.81. The van der Waals surface area contributed by atoms with Crippen molar-refractivity contribution in [3.63, 3.8) is 0 Å². The van der Waals surface area contributed by atoms with Crippen molar-refractivity contribution in [2.45, 2.75) is 72.1 Å². The molecule has 0 aliphatic heterocycles. The molecular formula is C17H30I2N4. The molecule has 0 amide bonds. The highest BCUT2D eigenvalue weighted by atomic mass is 127. The zero-order valence-electron chi connectivity index (χ0n) is 15.1. The molecule has 6 heteroatoms. The summed E-state index contributed by atoms with van der Waals surface area (Å²) in [6.07, 6.45) is 14.2.